The summed E-state index contributed by atoms with van der Waals surface area (Å²) in [5.41, 5.74) is 1.44. The van der Waals surface area contributed by atoms with Gasteiger partial charge in [0.25, 0.3) is 0 Å². The van der Waals surface area contributed by atoms with Crippen LogP contribution < -0.4 is 5.32 Å². The standard InChI is InChI=1S/C14H22N2S/c1-11(13-5-7-17-10-13)15-8-12-4-6-16(9-12)14-2-3-14/h5,7,10-12,14-15H,2-4,6,8-9H2,1H3. The van der Waals surface area contributed by atoms with Crippen molar-refractivity contribution in [2.75, 3.05) is 19.6 Å². The molecule has 1 aliphatic carbocycles. The Bertz CT molecular complexity index is 345. The van der Waals surface area contributed by atoms with E-state index in [1.165, 1.54) is 44.5 Å². The zero-order chi connectivity index (χ0) is 11.7. The highest BCUT2D eigenvalue weighted by Crippen LogP contribution is 2.31. The van der Waals surface area contributed by atoms with E-state index in [1.807, 2.05) is 0 Å². The summed E-state index contributed by atoms with van der Waals surface area (Å²) in [5.74, 6) is 0.872. The molecule has 2 atom stereocenters. The first-order valence-electron chi connectivity index (χ1n) is 6.82. The van der Waals surface area contributed by atoms with Crippen molar-refractivity contribution in [1.82, 2.24) is 10.2 Å². The highest BCUT2D eigenvalue weighted by Gasteiger charge is 2.34. The number of nitrogens with zero attached hydrogens (tertiary/aromatic N) is 1. The van der Waals surface area contributed by atoms with Crippen molar-refractivity contribution in [2.24, 2.45) is 5.92 Å². The van der Waals surface area contributed by atoms with Crippen molar-refractivity contribution in [3.63, 3.8) is 0 Å². The van der Waals surface area contributed by atoms with Crippen LogP contribution >= 0.6 is 11.3 Å². The quantitative estimate of drug-likeness (QED) is 0.864. The van der Waals surface area contributed by atoms with Gasteiger partial charge in [0.2, 0.25) is 0 Å². The molecule has 1 saturated heterocycles. The zero-order valence-corrected chi connectivity index (χ0v) is 11.4. The van der Waals surface area contributed by atoms with Gasteiger partial charge in [0.15, 0.2) is 0 Å². The summed E-state index contributed by atoms with van der Waals surface area (Å²) in [6, 6.07) is 3.69. The summed E-state index contributed by atoms with van der Waals surface area (Å²) in [7, 11) is 0. The maximum absolute atomic E-state index is 3.69. The van der Waals surface area contributed by atoms with E-state index in [9.17, 15) is 0 Å². The van der Waals surface area contributed by atoms with Crippen LogP contribution in [0, 0.1) is 5.92 Å². The van der Waals surface area contributed by atoms with Gasteiger partial charge in [-0.05, 0) is 67.6 Å². The number of hydrogen-bond donors (Lipinski definition) is 1. The molecule has 1 aliphatic heterocycles. The fourth-order valence-corrected chi connectivity index (χ4v) is 3.54. The second-order valence-electron chi connectivity index (χ2n) is 5.57. The van der Waals surface area contributed by atoms with Crippen LogP contribution in [0.4, 0.5) is 0 Å². The molecule has 2 unspecified atom stereocenters. The number of thiophene rings is 1. The molecule has 2 nitrogen and oxygen atoms in total. The van der Waals surface area contributed by atoms with Crippen molar-refractivity contribution < 1.29 is 0 Å². The van der Waals surface area contributed by atoms with Crippen molar-refractivity contribution in [3.05, 3.63) is 22.4 Å². The minimum atomic E-state index is 0.510. The van der Waals surface area contributed by atoms with Gasteiger partial charge in [-0.1, -0.05) is 0 Å². The molecule has 1 aromatic heterocycles. The Morgan fingerprint density at radius 2 is 2.35 bits per heavy atom. The van der Waals surface area contributed by atoms with E-state index < -0.39 is 0 Å². The average Bonchev–Trinajstić information content (AvgIpc) is 2.88. The van der Waals surface area contributed by atoms with Crippen molar-refractivity contribution in [1.29, 1.82) is 0 Å². The van der Waals surface area contributed by atoms with Crippen LogP contribution in [0.15, 0.2) is 16.8 Å². The largest absolute Gasteiger partial charge is 0.310 e. The van der Waals surface area contributed by atoms with Crippen LogP contribution in [-0.2, 0) is 0 Å². The van der Waals surface area contributed by atoms with E-state index in [4.69, 9.17) is 0 Å². The summed E-state index contributed by atoms with van der Waals surface area (Å²) in [4.78, 5) is 2.70. The first kappa shape index (κ1) is 11.7. The fraction of sp³-hybridized carbons (Fsp3) is 0.714. The van der Waals surface area contributed by atoms with Crippen LogP contribution in [0.2, 0.25) is 0 Å². The number of likely N-dealkylation sites (tertiary alicyclic amines) is 1. The highest BCUT2D eigenvalue weighted by molar-refractivity contribution is 7.07. The van der Waals surface area contributed by atoms with Gasteiger partial charge in [-0.3, -0.25) is 0 Å². The minimum absolute atomic E-state index is 0.510. The van der Waals surface area contributed by atoms with E-state index >= 15 is 0 Å². The molecule has 2 fully saturated rings. The molecule has 17 heavy (non-hydrogen) atoms. The summed E-state index contributed by atoms with van der Waals surface area (Å²) in [5, 5.41) is 8.10. The smallest absolute Gasteiger partial charge is 0.0300 e. The maximum Gasteiger partial charge on any atom is 0.0300 e. The topological polar surface area (TPSA) is 15.3 Å². The van der Waals surface area contributed by atoms with Crippen molar-refractivity contribution >= 4 is 11.3 Å². The Morgan fingerprint density at radius 3 is 3.06 bits per heavy atom. The molecular formula is C14H22N2S. The van der Waals surface area contributed by atoms with Crippen LogP contribution in [-0.4, -0.2) is 30.6 Å². The van der Waals surface area contributed by atoms with Crippen molar-refractivity contribution in [2.45, 2.75) is 38.3 Å². The fourth-order valence-electron chi connectivity index (χ4n) is 2.78. The molecule has 0 radical (unpaired) electrons. The third-order valence-electron chi connectivity index (χ3n) is 4.14. The Hall–Kier alpha value is -0.380. The van der Waals surface area contributed by atoms with Gasteiger partial charge in [-0.25, -0.2) is 0 Å². The Morgan fingerprint density at radius 1 is 1.47 bits per heavy atom. The lowest BCUT2D eigenvalue weighted by Crippen LogP contribution is -2.29. The summed E-state index contributed by atoms with van der Waals surface area (Å²) < 4.78 is 0. The first-order valence-corrected chi connectivity index (χ1v) is 7.77. The van der Waals surface area contributed by atoms with E-state index in [1.54, 1.807) is 11.3 Å². The van der Waals surface area contributed by atoms with Gasteiger partial charge in [0.05, 0.1) is 0 Å². The SMILES string of the molecule is CC(NCC1CCN(C2CC2)C1)c1ccsc1. The van der Waals surface area contributed by atoms with E-state index in [-0.39, 0.29) is 0 Å². The molecule has 1 saturated carbocycles. The summed E-state index contributed by atoms with van der Waals surface area (Å²) in [6.07, 6.45) is 4.29. The second kappa shape index (κ2) is 5.09. The summed E-state index contributed by atoms with van der Waals surface area (Å²) in [6.45, 7) is 6.12. The molecular weight excluding hydrogens is 228 g/mol. The highest BCUT2D eigenvalue weighted by atomic mass is 32.1. The molecule has 2 aliphatic rings. The molecule has 0 spiro atoms. The Labute approximate surface area is 108 Å². The van der Waals surface area contributed by atoms with Crippen LogP contribution in [0.3, 0.4) is 0 Å². The van der Waals surface area contributed by atoms with E-state index in [2.05, 4.69) is 34.0 Å². The third kappa shape index (κ3) is 2.90. The molecule has 3 rings (SSSR count). The van der Waals surface area contributed by atoms with Crippen molar-refractivity contribution in [3.8, 4) is 0 Å². The third-order valence-corrected chi connectivity index (χ3v) is 4.84. The number of hydrogen-bond acceptors (Lipinski definition) is 3. The van der Waals surface area contributed by atoms with E-state index in [0.717, 1.165) is 12.0 Å². The summed E-state index contributed by atoms with van der Waals surface area (Å²) >= 11 is 1.79. The number of rotatable bonds is 5. The maximum atomic E-state index is 3.69. The lowest BCUT2D eigenvalue weighted by molar-refractivity contribution is 0.310. The Balaban J connectivity index is 1.42. The van der Waals surface area contributed by atoms with Gasteiger partial charge in [0, 0.05) is 18.6 Å². The van der Waals surface area contributed by atoms with Crippen LogP contribution in [0.1, 0.15) is 37.8 Å². The minimum Gasteiger partial charge on any atom is -0.310 e. The number of nitrogens with one attached hydrogen (secondary N) is 1. The predicted molar refractivity (Wildman–Crippen MR) is 73.4 cm³/mol. The molecule has 0 amide bonds. The molecule has 0 bridgehead atoms. The monoisotopic (exact) mass is 250 g/mol. The van der Waals surface area contributed by atoms with Gasteiger partial charge < -0.3 is 10.2 Å². The normalized spacial score (nSPS) is 27.5. The lowest BCUT2D eigenvalue weighted by Gasteiger charge is -2.17. The molecule has 3 heteroatoms. The molecule has 1 aromatic rings. The van der Waals surface area contributed by atoms with Gasteiger partial charge >= 0.3 is 0 Å². The van der Waals surface area contributed by atoms with E-state index in [0.29, 0.717) is 6.04 Å². The zero-order valence-electron chi connectivity index (χ0n) is 10.6. The van der Waals surface area contributed by atoms with Gasteiger partial charge in [-0.15, -0.1) is 0 Å². The van der Waals surface area contributed by atoms with Gasteiger partial charge in [0.1, 0.15) is 0 Å². The van der Waals surface area contributed by atoms with Crippen LogP contribution in [0.25, 0.3) is 0 Å². The molecule has 1 N–H and O–H groups in total. The molecule has 0 aromatic carbocycles. The first-order chi connectivity index (χ1) is 8.33. The lowest BCUT2D eigenvalue weighted by atomic mass is 10.1. The molecule has 2 heterocycles. The van der Waals surface area contributed by atoms with Gasteiger partial charge in [-0.2, -0.15) is 11.3 Å². The second-order valence-corrected chi connectivity index (χ2v) is 6.35. The Kier molecular flexibility index (Phi) is 3.50. The average molecular weight is 250 g/mol. The van der Waals surface area contributed by atoms with Crippen LogP contribution in [0.5, 0.6) is 0 Å². The predicted octanol–water partition coefficient (Wildman–Crippen LogP) is 2.88. The molecule has 94 valence electrons.